The first-order valence-electron chi connectivity index (χ1n) is 7.36. The molecule has 2 aliphatic heterocycles. The van der Waals surface area contributed by atoms with Gasteiger partial charge in [-0.2, -0.15) is 0 Å². The first-order valence-corrected chi connectivity index (χ1v) is 7.36. The molecule has 0 radical (unpaired) electrons. The van der Waals surface area contributed by atoms with Crippen LogP contribution in [-0.4, -0.2) is 62.1 Å². The van der Waals surface area contributed by atoms with Crippen molar-refractivity contribution in [3.8, 4) is 0 Å². The predicted octanol–water partition coefficient (Wildman–Crippen LogP) is 0.578. The van der Waals surface area contributed by atoms with Crippen molar-refractivity contribution >= 4 is 0 Å². The fourth-order valence-corrected chi connectivity index (χ4v) is 2.42. The average molecular weight is 274 g/mol. The summed E-state index contributed by atoms with van der Waals surface area (Å²) in [4.78, 5) is 0. The van der Waals surface area contributed by atoms with Gasteiger partial charge in [0.15, 0.2) is 0 Å². The highest BCUT2D eigenvalue weighted by molar-refractivity contribution is 4.73. The molecule has 0 aromatic rings. The summed E-state index contributed by atoms with van der Waals surface area (Å²) in [6.45, 7) is 3.77. The van der Waals surface area contributed by atoms with E-state index in [9.17, 15) is 0 Å². The van der Waals surface area contributed by atoms with E-state index in [0.29, 0.717) is 24.0 Å². The fraction of sp³-hybridized carbons (Fsp3) is 1.00. The number of hydrogen-bond acceptors (Lipinski definition) is 5. The van der Waals surface area contributed by atoms with Gasteiger partial charge >= 0.3 is 0 Å². The van der Waals surface area contributed by atoms with Crippen LogP contribution in [0.15, 0.2) is 0 Å². The molecule has 1 saturated carbocycles. The Hall–Kier alpha value is -0.200. The summed E-state index contributed by atoms with van der Waals surface area (Å²) in [7, 11) is 0. The molecule has 4 unspecified atom stereocenters. The molecule has 0 amide bonds. The summed E-state index contributed by atoms with van der Waals surface area (Å²) in [5, 5.41) is 17.8. The van der Waals surface area contributed by atoms with Gasteiger partial charge in [0.2, 0.25) is 0 Å². The first kappa shape index (κ1) is 15.2. The molecule has 2 saturated heterocycles. The van der Waals surface area contributed by atoms with Crippen LogP contribution >= 0.6 is 0 Å². The van der Waals surface area contributed by atoms with E-state index in [1.165, 1.54) is 12.8 Å². The van der Waals surface area contributed by atoms with Gasteiger partial charge in [-0.25, -0.2) is 0 Å². The summed E-state index contributed by atoms with van der Waals surface area (Å²) >= 11 is 0. The van der Waals surface area contributed by atoms with E-state index in [1.807, 2.05) is 0 Å². The monoisotopic (exact) mass is 274 g/mol. The topological polar surface area (TPSA) is 74.8 Å². The van der Waals surface area contributed by atoms with Crippen LogP contribution in [0.4, 0.5) is 0 Å². The Morgan fingerprint density at radius 3 is 1.58 bits per heavy atom. The minimum Gasteiger partial charge on any atom is -0.396 e. The third-order valence-electron chi connectivity index (χ3n) is 3.95. The molecule has 0 aromatic heterocycles. The molecule has 19 heavy (non-hydrogen) atoms. The average Bonchev–Trinajstić information content (AvgIpc) is 3.34. The van der Waals surface area contributed by atoms with Gasteiger partial charge in [0, 0.05) is 13.2 Å². The molecule has 0 aromatic carbocycles. The molecule has 2 N–H and O–H groups in total. The molecule has 3 rings (SSSR count). The van der Waals surface area contributed by atoms with Gasteiger partial charge in [0.25, 0.3) is 0 Å². The Morgan fingerprint density at radius 2 is 1.26 bits per heavy atom. The molecular weight excluding hydrogens is 248 g/mol. The minimum absolute atomic E-state index is 0.255. The summed E-state index contributed by atoms with van der Waals surface area (Å²) < 4.78 is 15.1. The van der Waals surface area contributed by atoms with E-state index < -0.39 is 0 Å². The van der Waals surface area contributed by atoms with Crippen LogP contribution in [0.3, 0.4) is 0 Å². The second kappa shape index (κ2) is 8.17. The second-order valence-electron chi connectivity index (χ2n) is 5.62. The zero-order valence-corrected chi connectivity index (χ0v) is 11.5. The van der Waals surface area contributed by atoms with Crippen molar-refractivity contribution in [2.75, 3.05) is 39.6 Å². The Morgan fingerprint density at radius 1 is 0.842 bits per heavy atom. The van der Waals surface area contributed by atoms with Gasteiger partial charge in [0.05, 0.1) is 26.4 Å². The van der Waals surface area contributed by atoms with Gasteiger partial charge in [-0.1, -0.05) is 12.8 Å². The van der Waals surface area contributed by atoms with Crippen LogP contribution < -0.4 is 0 Å². The third-order valence-corrected chi connectivity index (χ3v) is 3.95. The number of epoxide rings is 2. The third kappa shape index (κ3) is 6.19. The molecule has 3 fully saturated rings. The van der Waals surface area contributed by atoms with E-state index in [1.54, 1.807) is 0 Å². The normalized spacial score (nSPS) is 36.3. The molecule has 2 heterocycles. The summed E-state index contributed by atoms with van der Waals surface area (Å²) in [5.41, 5.74) is 0. The highest BCUT2D eigenvalue weighted by Gasteiger charge is 2.26. The standard InChI is InChI=1S/C8H16O2.C6H10O3/c9-5-7-3-1-2-4-8(7)6-10;1(5-3-8-5)7-2-6-4-9-6/h7-10H,1-6H2;5-6H,1-4H2. The zero-order chi connectivity index (χ0) is 13.5. The maximum absolute atomic E-state index is 8.88. The van der Waals surface area contributed by atoms with Gasteiger partial charge in [-0.05, 0) is 24.7 Å². The molecule has 3 aliphatic rings. The van der Waals surface area contributed by atoms with Crippen molar-refractivity contribution in [2.24, 2.45) is 11.8 Å². The van der Waals surface area contributed by atoms with Gasteiger partial charge in [-0.15, -0.1) is 0 Å². The minimum atomic E-state index is 0.255. The number of aliphatic hydroxyl groups excluding tert-OH is 2. The maximum atomic E-state index is 8.88. The van der Waals surface area contributed by atoms with Crippen LogP contribution in [-0.2, 0) is 14.2 Å². The molecule has 112 valence electrons. The van der Waals surface area contributed by atoms with E-state index in [0.717, 1.165) is 39.3 Å². The zero-order valence-electron chi connectivity index (χ0n) is 11.5. The van der Waals surface area contributed by atoms with E-state index >= 15 is 0 Å². The van der Waals surface area contributed by atoms with Crippen LogP contribution in [0.5, 0.6) is 0 Å². The Balaban J connectivity index is 0.000000141. The van der Waals surface area contributed by atoms with Gasteiger partial charge in [-0.3, -0.25) is 0 Å². The van der Waals surface area contributed by atoms with Gasteiger partial charge in [0.1, 0.15) is 12.2 Å². The summed E-state index contributed by atoms with van der Waals surface area (Å²) in [5.74, 6) is 0.748. The number of aliphatic hydroxyl groups is 2. The lowest BCUT2D eigenvalue weighted by molar-refractivity contribution is 0.0869. The van der Waals surface area contributed by atoms with Crippen LogP contribution in [0.1, 0.15) is 25.7 Å². The van der Waals surface area contributed by atoms with Crippen molar-refractivity contribution in [3.05, 3.63) is 0 Å². The molecule has 5 nitrogen and oxygen atoms in total. The quantitative estimate of drug-likeness (QED) is 0.693. The first-order chi connectivity index (χ1) is 9.33. The lowest BCUT2D eigenvalue weighted by Gasteiger charge is -2.28. The summed E-state index contributed by atoms with van der Waals surface area (Å²) in [6.07, 6.45) is 5.43. The van der Waals surface area contributed by atoms with Crippen LogP contribution in [0.2, 0.25) is 0 Å². The highest BCUT2D eigenvalue weighted by Crippen LogP contribution is 2.28. The van der Waals surface area contributed by atoms with E-state index in [2.05, 4.69) is 0 Å². The Labute approximate surface area is 114 Å². The number of hydrogen-bond donors (Lipinski definition) is 2. The molecule has 5 heteroatoms. The van der Waals surface area contributed by atoms with E-state index in [4.69, 9.17) is 24.4 Å². The van der Waals surface area contributed by atoms with Crippen LogP contribution in [0, 0.1) is 11.8 Å². The largest absolute Gasteiger partial charge is 0.396 e. The summed E-state index contributed by atoms with van der Waals surface area (Å²) in [6, 6.07) is 0. The molecule has 4 atom stereocenters. The van der Waals surface area contributed by atoms with Crippen LogP contribution in [0.25, 0.3) is 0 Å². The van der Waals surface area contributed by atoms with E-state index in [-0.39, 0.29) is 13.2 Å². The van der Waals surface area contributed by atoms with Gasteiger partial charge < -0.3 is 24.4 Å². The molecule has 1 aliphatic carbocycles. The lowest BCUT2D eigenvalue weighted by atomic mass is 9.80. The van der Waals surface area contributed by atoms with Crippen molar-refractivity contribution in [3.63, 3.8) is 0 Å². The van der Waals surface area contributed by atoms with Crippen molar-refractivity contribution in [1.29, 1.82) is 0 Å². The number of rotatable bonds is 6. The fourth-order valence-electron chi connectivity index (χ4n) is 2.42. The SMILES string of the molecule is C(OCC1CO1)C1CO1.OCC1CCCCC1CO. The van der Waals surface area contributed by atoms with Crippen molar-refractivity contribution < 1.29 is 24.4 Å². The number of ether oxygens (including phenoxy) is 3. The van der Waals surface area contributed by atoms with Crippen molar-refractivity contribution in [2.45, 2.75) is 37.9 Å². The molecular formula is C14H26O5. The maximum Gasteiger partial charge on any atom is 0.104 e. The second-order valence-corrected chi connectivity index (χ2v) is 5.62. The highest BCUT2D eigenvalue weighted by atomic mass is 16.6. The van der Waals surface area contributed by atoms with Crippen molar-refractivity contribution in [1.82, 2.24) is 0 Å². The molecule has 0 bridgehead atoms. The lowest BCUT2D eigenvalue weighted by Crippen LogP contribution is -2.25. The Bertz CT molecular complexity index is 216. The smallest absolute Gasteiger partial charge is 0.104 e. The Kier molecular flexibility index (Phi) is 6.53. The molecule has 0 spiro atoms. The predicted molar refractivity (Wildman–Crippen MR) is 69.9 cm³/mol.